The number of benzene rings is 2. The third-order valence-corrected chi connectivity index (χ3v) is 5.99. The zero-order chi connectivity index (χ0) is 18.7. The molecule has 5 heteroatoms. The van der Waals surface area contributed by atoms with Crippen LogP contribution in [0.3, 0.4) is 0 Å². The molecule has 0 spiro atoms. The molecule has 0 radical (unpaired) electrons. The summed E-state index contributed by atoms with van der Waals surface area (Å²) in [5.74, 6) is -0.295. The summed E-state index contributed by atoms with van der Waals surface area (Å²) in [4.78, 5) is 18.7. The topological polar surface area (TPSA) is 49.6 Å². The molecule has 2 aromatic rings. The number of hydrogen-bond acceptors (Lipinski definition) is 4. The Kier molecular flexibility index (Phi) is 5.89. The van der Waals surface area contributed by atoms with Crippen molar-refractivity contribution in [3.05, 3.63) is 48.0 Å². The Bertz CT molecular complexity index is 789. The fraction of sp³-hybridized carbons (Fsp3) is 0.381. The molecular formula is C21H27N3OS. The highest BCUT2D eigenvalue weighted by atomic mass is 32.2. The summed E-state index contributed by atoms with van der Waals surface area (Å²) in [5.41, 5.74) is 8.79. The molecule has 0 aromatic heterocycles. The Morgan fingerprint density at radius 2 is 1.81 bits per heavy atom. The summed E-state index contributed by atoms with van der Waals surface area (Å²) in [6, 6.07) is 15.1. The second kappa shape index (κ2) is 8.14. The minimum Gasteiger partial charge on any atom is -0.369 e. The smallest absolute Gasteiger partial charge is 0.221 e. The van der Waals surface area contributed by atoms with E-state index in [9.17, 15) is 4.79 Å². The highest BCUT2D eigenvalue weighted by Crippen LogP contribution is 2.49. The van der Waals surface area contributed by atoms with E-state index in [4.69, 9.17) is 5.73 Å². The van der Waals surface area contributed by atoms with Gasteiger partial charge in [0.2, 0.25) is 5.91 Å². The number of para-hydroxylation sites is 1. The Morgan fingerprint density at radius 3 is 2.50 bits per heavy atom. The van der Waals surface area contributed by atoms with Gasteiger partial charge in [-0.3, -0.25) is 4.79 Å². The molecule has 1 aliphatic heterocycles. The lowest BCUT2D eigenvalue weighted by Crippen LogP contribution is -2.41. The van der Waals surface area contributed by atoms with Gasteiger partial charge in [-0.25, -0.2) is 0 Å². The van der Waals surface area contributed by atoms with Gasteiger partial charge in [0.1, 0.15) is 0 Å². The number of nitrogens with two attached hydrogens (primary N) is 1. The predicted octanol–water partition coefficient (Wildman–Crippen LogP) is 4.05. The van der Waals surface area contributed by atoms with Gasteiger partial charge in [0.05, 0.1) is 17.8 Å². The van der Waals surface area contributed by atoms with Crippen LogP contribution in [0, 0.1) is 0 Å². The van der Waals surface area contributed by atoms with E-state index in [1.807, 2.05) is 6.07 Å². The number of anilines is 2. The number of hydrogen-bond donors (Lipinski definition) is 1. The molecule has 0 aliphatic carbocycles. The highest BCUT2D eigenvalue weighted by molar-refractivity contribution is 7.99. The van der Waals surface area contributed by atoms with E-state index in [0.29, 0.717) is 6.04 Å². The summed E-state index contributed by atoms with van der Waals surface area (Å²) >= 11 is 1.79. The Hall–Kier alpha value is -1.98. The van der Waals surface area contributed by atoms with Gasteiger partial charge in [0.15, 0.2) is 0 Å². The highest BCUT2D eigenvalue weighted by Gasteiger charge is 2.28. The van der Waals surface area contributed by atoms with Crippen molar-refractivity contribution in [3.63, 3.8) is 0 Å². The van der Waals surface area contributed by atoms with Crippen LogP contribution in [0.5, 0.6) is 0 Å². The van der Waals surface area contributed by atoms with E-state index in [2.05, 4.69) is 67.0 Å². The number of nitrogens with zero attached hydrogens (tertiary/aromatic N) is 2. The first-order valence-corrected chi connectivity index (χ1v) is 10.0. The number of fused-ring (bicyclic) bond motifs is 2. The second-order valence-corrected chi connectivity index (χ2v) is 7.80. The maximum Gasteiger partial charge on any atom is 0.221 e. The molecule has 0 bridgehead atoms. The third-order valence-electron chi connectivity index (χ3n) is 4.86. The molecular weight excluding hydrogens is 342 g/mol. The number of amides is 1. The molecule has 26 heavy (non-hydrogen) atoms. The Balaban J connectivity index is 2.02. The summed E-state index contributed by atoms with van der Waals surface area (Å²) in [6.07, 6.45) is 0.276. The van der Waals surface area contributed by atoms with E-state index < -0.39 is 0 Å². The van der Waals surface area contributed by atoms with Gasteiger partial charge < -0.3 is 15.5 Å². The molecule has 3 rings (SSSR count). The minimum atomic E-state index is -0.295. The van der Waals surface area contributed by atoms with Crippen LogP contribution in [-0.2, 0) is 11.2 Å². The lowest BCUT2D eigenvalue weighted by atomic mass is 10.1. The van der Waals surface area contributed by atoms with Crippen molar-refractivity contribution in [3.8, 4) is 0 Å². The number of rotatable bonds is 7. The van der Waals surface area contributed by atoms with Crippen LogP contribution in [-0.4, -0.2) is 36.5 Å². The molecule has 2 N–H and O–H groups in total. The third kappa shape index (κ3) is 3.89. The van der Waals surface area contributed by atoms with Crippen molar-refractivity contribution < 1.29 is 4.79 Å². The van der Waals surface area contributed by atoms with Crippen molar-refractivity contribution in [2.45, 2.75) is 43.0 Å². The molecule has 0 saturated heterocycles. The standard InChI is InChI=1S/C21H27N3OS/c1-4-23(5-2)14-15(3)24-17-8-6-7-9-19(17)26-20-11-10-16(12-18(20)24)13-21(22)25/h6-12,15H,4-5,13-14H2,1-3H3,(H2,22,25). The van der Waals surface area contributed by atoms with E-state index in [1.165, 1.54) is 21.2 Å². The quantitative estimate of drug-likeness (QED) is 0.800. The normalized spacial score (nSPS) is 14.1. The number of primary amides is 1. The molecule has 0 saturated carbocycles. The van der Waals surface area contributed by atoms with Crippen LogP contribution in [0.15, 0.2) is 52.3 Å². The zero-order valence-electron chi connectivity index (χ0n) is 15.7. The van der Waals surface area contributed by atoms with Crippen molar-refractivity contribution in [2.75, 3.05) is 24.5 Å². The van der Waals surface area contributed by atoms with Gasteiger partial charge in [0.25, 0.3) is 0 Å². The largest absolute Gasteiger partial charge is 0.369 e. The summed E-state index contributed by atoms with van der Waals surface area (Å²) in [5, 5.41) is 0. The van der Waals surface area contributed by atoms with Gasteiger partial charge in [-0.2, -0.15) is 0 Å². The molecule has 138 valence electrons. The van der Waals surface area contributed by atoms with Gasteiger partial charge in [-0.15, -0.1) is 0 Å². The molecule has 4 nitrogen and oxygen atoms in total. The van der Waals surface area contributed by atoms with Crippen LogP contribution in [0.4, 0.5) is 11.4 Å². The molecule has 0 fully saturated rings. The Morgan fingerprint density at radius 1 is 1.12 bits per heavy atom. The van der Waals surface area contributed by atoms with Gasteiger partial charge in [0, 0.05) is 22.4 Å². The van der Waals surface area contributed by atoms with Crippen LogP contribution >= 0.6 is 11.8 Å². The molecule has 1 aliphatic rings. The molecule has 1 amide bonds. The van der Waals surface area contributed by atoms with Crippen LogP contribution in [0.25, 0.3) is 0 Å². The van der Waals surface area contributed by atoms with Crippen LogP contribution in [0.2, 0.25) is 0 Å². The average molecular weight is 370 g/mol. The van der Waals surface area contributed by atoms with E-state index >= 15 is 0 Å². The molecule has 1 heterocycles. The summed E-state index contributed by atoms with van der Waals surface area (Å²) in [6.45, 7) is 9.75. The molecule has 1 atom stereocenters. The Labute approximate surface area is 160 Å². The maximum absolute atomic E-state index is 11.4. The first kappa shape index (κ1) is 18.8. The van der Waals surface area contributed by atoms with Gasteiger partial charge >= 0.3 is 0 Å². The second-order valence-electron chi connectivity index (χ2n) is 6.72. The fourth-order valence-corrected chi connectivity index (χ4v) is 4.60. The zero-order valence-corrected chi connectivity index (χ0v) is 16.6. The first-order valence-electron chi connectivity index (χ1n) is 9.23. The van der Waals surface area contributed by atoms with Crippen molar-refractivity contribution in [1.29, 1.82) is 0 Å². The van der Waals surface area contributed by atoms with E-state index in [1.54, 1.807) is 11.8 Å². The summed E-state index contributed by atoms with van der Waals surface area (Å²) in [7, 11) is 0. The van der Waals surface area contributed by atoms with E-state index in [-0.39, 0.29) is 12.3 Å². The average Bonchev–Trinajstić information content (AvgIpc) is 2.63. The van der Waals surface area contributed by atoms with Crippen molar-refractivity contribution >= 4 is 29.0 Å². The number of likely N-dealkylation sites (N-methyl/N-ethyl adjacent to an activating group) is 1. The van der Waals surface area contributed by atoms with Gasteiger partial charge in [-0.05, 0) is 49.8 Å². The predicted molar refractivity (Wildman–Crippen MR) is 109 cm³/mol. The van der Waals surface area contributed by atoms with Gasteiger partial charge in [-0.1, -0.05) is 43.8 Å². The fourth-order valence-electron chi connectivity index (χ4n) is 3.55. The molecule has 2 aromatic carbocycles. The maximum atomic E-state index is 11.4. The van der Waals surface area contributed by atoms with Crippen LogP contribution < -0.4 is 10.6 Å². The van der Waals surface area contributed by atoms with Crippen molar-refractivity contribution in [1.82, 2.24) is 4.90 Å². The number of carbonyl (C=O) groups is 1. The first-order chi connectivity index (χ1) is 12.5. The van der Waals surface area contributed by atoms with Crippen LogP contribution in [0.1, 0.15) is 26.3 Å². The lowest BCUT2D eigenvalue weighted by molar-refractivity contribution is -0.117. The van der Waals surface area contributed by atoms with E-state index in [0.717, 1.165) is 25.2 Å². The number of carbonyl (C=O) groups excluding carboxylic acids is 1. The monoisotopic (exact) mass is 369 g/mol. The SMILES string of the molecule is CCN(CC)CC(C)N1c2ccccc2Sc2ccc(CC(N)=O)cc21. The van der Waals surface area contributed by atoms with Crippen molar-refractivity contribution in [2.24, 2.45) is 5.73 Å². The minimum absolute atomic E-state index is 0.276. The molecule has 1 unspecified atom stereocenters. The summed E-state index contributed by atoms with van der Waals surface area (Å²) < 4.78 is 0. The lowest BCUT2D eigenvalue weighted by Gasteiger charge is -2.39.